The van der Waals surface area contributed by atoms with Crippen molar-refractivity contribution in [2.24, 2.45) is 0 Å². The number of amides is 1. The van der Waals surface area contributed by atoms with Crippen LogP contribution in [-0.2, 0) is 9.53 Å². The molecule has 1 aromatic carbocycles. The lowest BCUT2D eigenvalue weighted by Gasteiger charge is -2.23. The molecule has 0 saturated heterocycles. The van der Waals surface area contributed by atoms with Gasteiger partial charge in [0, 0.05) is 19.4 Å². The van der Waals surface area contributed by atoms with Gasteiger partial charge in [-0.2, -0.15) is 0 Å². The zero-order chi connectivity index (χ0) is 17.8. The molecule has 3 aromatic rings. The van der Waals surface area contributed by atoms with Gasteiger partial charge in [0.05, 0.1) is 21.8 Å². The van der Waals surface area contributed by atoms with Gasteiger partial charge >= 0.3 is 5.97 Å². The number of nitrogens with zero attached hydrogens (tertiary/aromatic N) is 3. The average molecular weight is 355 g/mol. The van der Waals surface area contributed by atoms with E-state index in [1.807, 2.05) is 31.2 Å². The van der Waals surface area contributed by atoms with Crippen molar-refractivity contribution in [2.75, 3.05) is 13.7 Å². The van der Waals surface area contributed by atoms with Crippen LogP contribution in [0.3, 0.4) is 0 Å². The zero-order valence-corrected chi connectivity index (χ0v) is 14.7. The van der Waals surface area contributed by atoms with Crippen molar-refractivity contribution in [3.05, 3.63) is 59.4 Å². The van der Waals surface area contributed by atoms with E-state index in [4.69, 9.17) is 4.74 Å². The van der Waals surface area contributed by atoms with Gasteiger partial charge in [-0.25, -0.2) is 9.78 Å². The Morgan fingerprint density at radius 1 is 1.24 bits per heavy atom. The molecule has 0 aliphatic carbocycles. The first-order valence-corrected chi connectivity index (χ1v) is 8.56. The maximum absolute atomic E-state index is 12.3. The SMILES string of the molecule is C[C@H](c1nc2ccccc2s1)N(C)C(=O)COC(=O)c1cccnc1. The minimum atomic E-state index is -0.567. The van der Waals surface area contributed by atoms with Crippen LogP contribution in [0.15, 0.2) is 48.8 Å². The van der Waals surface area contributed by atoms with Crippen LogP contribution >= 0.6 is 11.3 Å². The topological polar surface area (TPSA) is 72.4 Å². The number of hydrogen-bond acceptors (Lipinski definition) is 6. The predicted molar refractivity (Wildman–Crippen MR) is 95.3 cm³/mol. The summed E-state index contributed by atoms with van der Waals surface area (Å²) in [6, 6.07) is 10.9. The van der Waals surface area contributed by atoms with Crippen LogP contribution in [0.2, 0.25) is 0 Å². The summed E-state index contributed by atoms with van der Waals surface area (Å²) in [7, 11) is 1.68. The lowest BCUT2D eigenvalue weighted by Crippen LogP contribution is -2.33. The quantitative estimate of drug-likeness (QED) is 0.658. The van der Waals surface area contributed by atoms with E-state index in [1.165, 1.54) is 11.1 Å². The van der Waals surface area contributed by atoms with Crippen molar-refractivity contribution in [2.45, 2.75) is 13.0 Å². The van der Waals surface area contributed by atoms with Crippen molar-refractivity contribution in [3.8, 4) is 0 Å². The molecule has 0 saturated carbocycles. The highest BCUT2D eigenvalue weighted by molar-refractivity contribution is 7.18. The molecule has 0 unspecified atom stereocenters. The van der Waals surface area contributed by atoms with Crippen LogP contribution in [0.1, 0.15) is 28.3 Å². The Bertz CT molecular complexity index is 862. The first kappa shape index (κ1) is 17.0. The molecule has 0 bridgehead atoms. The molecule has 0 spiro atoms. The van der Waals surface area contributed by atoms with Gasteiger partial charge in [0.15, 0.2) is 6.61 Å². The van der Waals surface area contributed by atoms with E-state index in [0.717, 1.165) is 15.2 Å². The second-order valence-electron chi connectivity index (χ2n) is 5.52. The number of rotatable bonds is 5. The molecule has 1 amide bonds. The normalized spacial score (nSPS) is 11.9. The van der Waals surface area contributed by atoms with Crippen LogP contribution in [0.25, 0.3) is 10.2 Å². The van der Waals surface area contributed by atoms with E-state index < -0.39 is 5.97 Å². The molecule has 7 heteroatoms. The van der Waals surface area contributed by atoms with Crippen molar-refractivity contribution in [1.29, 1.82) is 0 Å². The molecule has 0 aliphatic rings. The van der Waals surface area contributed by atoms with Crippen molar-refractivity contribution in [3.63, 3.8) is 0 Å². The molecule has 2 aromatic heterocycles. The van der Waals surface area contributed by atoms with E-state index >= 15 is 0 Å². The van der Waals surface area contributed by atoms with Crippen LogP contribution in [0, 0.1) is 0 Å². The molecule has 25 heavy (non-hydrogen) atoms. The fourth-order valence-electron chi connectivity index (χ4n) is 2.25. The number of carbonyl (C=O) groups excluding carboxylic acids is 2. The number of thiazole rings is 1. The molecule has 0 fully saturated rings. The highest BCUT2D eigenvalue weighted by Gasteiger charge is 2.22. The van der Waals surface area contributed by atoms with E-state index in [-0.39, 0.29) is 18.6 Å². The fourth-order valence-corrected chi connectivity index (χ4v) is 3.31. The summed E-state index contributed by atoms with van der Waals surface area (Å²) in [6.07, 6.45) is 2.97. The van der Waals surface area contributed by atoms with Gasteiger partial charge in [-0.15, -0.1) is 11.3 Å². The van der Waals surface area contributed by atoms with Crippen LogP contribution in [-0.4, -0.2) is 40.4 Å². The van der Waals surface area contributed by atoms with Crippen LogP contribution in [0.4, 0.5) is 0 Å². The first-order chi connectivity index (χ1) is 12.1. The molecular formula is C18H17N3O3S. The number of esters is 1. The van der Waals surface area contributed by atoms with Gasteiger partial charge in [0.25, 0.3) is 5.91 Å². The number of ether oxygens (including phenoxy) is 1. The minimum absolute atomic E-state index is 0.206. The van der Waals surface area contributed by atoms with E-state index in [0.29, 0.717) is 5.56 Å². The Labute approximate surface area is 149 Å². The number of benzene rings is 1. The Kier molecular flexibility index (Phi) is 5.04. The molecule has 2 heterocycles. The first-order valence-electron chi connectivity index (χ1n) is 7.74. The van der Waals surface area contributed by atoms with Crippen molar-refractivity contribution < 1.29 is 14.3 Å². The molecule has 3 rings (SSSR count). The fraction of sp³-hybridized carbons (Fsp3) is 0.222. The summed E-state index contributed by atoms with van der Waals surface area (Å²) in [5, 5.41) is 0.843. The summed E-state index contributed by atoms with van der Waals surface area (Å²) in [5.41, 5.74) is 1.23. The van der Waals surface area contributed by atoms with E-state index in [1.54, 1.807) is 36.7 Å². The van der Waals surface area contributed by atoms with Gasteiger partial charge in [0.2, 0.25) is 0 Å². The van der Waals surface area contributed by atoms with E-state index in [2.05, 4.69) is 9.97 Å². The number of pyridine rings is 1. The standard InChI is InChI=1S/C18H17N3O3S/c1-12(17-20-14-7-3-4-8-15(14)25-17)21(2)16(22)11-24-18(23)13-6-5-9-19-10-13/h3-10,12H,11H2,1-2H3/t12-/m1/s1. The summed E-state index contributed by atoms with van der Waals surface area (Å²) >= 11 is 1.55. The minimum Gasteiger partial charge on any atom is -0.452 e. The Morgan fingerprint density at radius 3 is 2.76 bits per heavy atom. The molecule has 0 N–H and O–H groups in total. The average Bonchev–Trinajstić information content (AvgIpc) is 3.09. The molecule has 6 nitrogen and oxygen atoms in total. The van der Waals surface area contributed by atoms with Gasteiger partial charge in [-0.1, -0.05) is 12.1 Å². The molecule has 0 aliphatic heterocycles. The summed E-state index contributed by atoms with van der Waals surface area (Å²) in [5.74, 6) is -0.855. The second-order valence-corrected chi connectivity index (χ2v) is 6.58. The Balaban J connectivity index is 1.62. The van der Waals surface area contributed by atoms with Crippen molar-refractivity contribution >= 4 is 33.4 Å². The molecule has 0 radical (unpaired) electrons. The van der Waals surface area contributed by atoms with Crippen LogP contribution < -0.4 is 0 Å². The summed E-state index contributed by atoms with van der Waals surface area (Å²) in [6.45, 7) is 1.58. The van der Waals surface area contributed by atoms with Gasteiger partial charge in [0.1, 0.15) is 5.01 Å². The summed E-state index contributed by atoms with van der Waals surface area (Å²) in [4.78, 5) is 34.2. The second kappa shape index (κ2) is 7.40. The smallest absolute Gasteiger partial charge is 0.340 e. The summed E-state index contributed by atoms with van der Waals surface area (Å²) < 4.78 is 6.15. The lowest BCUT2D eigenvalue weighted by atomic mass is 10.3. The monoisotopic (exact) mass is 355 g/mol. The number of likely N-dealkylation sites (N-methyl/N-ethyl adjacent to an activating group) is 1. The third kappa shape index (κ3) is 3.83. The number of hydrogen-bond donors (Lipinski definition) is 0. The number of carbonyl (C=O) groups is 2. The third-order valence-corrected chi connectivity index (χ3v) is 5.07. The highest BCUT2D eigenvalue weighted by Crippen LogP contribution is 2.28. The largest absolute Gasteiger partial charge is 0.452 e. The maximum Gasteiger partial charge on any atom is 0.340 e. The number of aromatic nitrogens is 2. The zero-order valence-electron chi connectivity index (χ0n) is 13.9. The van der Waals surface area contributed by atoms with Gasteiger partial charge in [-0.3, -0.25) is 9.78 Å². The van der Waals surface area contributed by atoms with Crippen molar-refractivity contribution in [1.82, 2.24) is 14.9 Å². The third-order valence-electron chi connectivity index (χ3n) is 3.87. The number of fused-ring (bicyclic) bond motifs is 1. The van der Waals surface area contributed by atoms with Gasteiger partial charge < -0.3 is 9.64 Å². The maximum atomic E-state index is 12.3. The molecular weight excluding hydrogens is 338 g/mol. The lowest BCUT2D eigenvalue weighted by molar-refractivity contribution is -0.135. The van der Waals surface area contributed by atoms with Crippen LogP contribution in [0.5, 0.6) is 0 Å². The van der Waals surface area contributed by atoms with E-state index in [9.17, 15) is 9.59 Å². The molecule has 1 atom stereocenters. The highest BCUT2D eigenvalue weighted by atomic mass is 32.1. The molecule has 128 valence electrons. The number of para-hydroxylation sites is 1. The predicted octanol–water partition coefficient (Wildman–Crippen LogP) is 3.07. The van der Waals surface area contributed by atoms with Gasteiger partial charge in [-0.05, 0) is 31.2 Å². The Morgan fingerprint density at radius 2 is 2.04 bits per heavy atom. The Hall–Kier alpha value is -2.80.